The summed E-state index contributed by atoms with van der Waals surface area (Å²) in [6.07, 6.45) is 0. The maximum atomic E-state index is 4.99. The van der Waals surface area contributed by atoms with Crippen molar-refractivity contribution in [2.75, 3.05) is 0 Å². The number of benzene rings is 2. The Kier molecular flexibility index (Phi) is 7.66. The quantitative estimate of drug-likeness (QED) is 0.508. The average molecular weight is 349 g/mol. The summed E-state index contributed by atoms with van der Waals surface area (Å²) in [5.74, 6) is 0. The molecule has 1 nitrogen and oxygen atoms in total. The lowest BCUT2D eigenvalue weighted by Crippen LogP contribution is -1.91. The standard InChI is InChI=1S/C13H10N.Al.4ClH/c1-3-7-12(8-4-1)11-14-13-9-5-2-6-10-13;;;;;/h1-10H;;4*1H/q+1;+3;;;;/p-4. The summed E-state index contributed by atoms with van der Waals surface area (Å²) in [7, 11) is 17.0. The van der Waals surface area contributed by atoms with Gasteiger partial charge in [-0.25, -0.2) is 0 Å². The highest BCUT2D eigenvalue weighted by atomic mass is 35.9. The molecule has 0 atom stereocenters. The minimum atomic E-state index is -2.94. The lowest BCUT2D eigenvalue weighted by molar-refractivity contribution is 1.64. The predicted octanol–water partition coefficient (Wildman–Crippen LogP) is 6.08. The fourth-order valence-electron chi connectivity index (χ4n) is 1.14. The van der Waals surface area contributed by atoms with Gasteiger partial charge in [0.15, 0.2) is 0 Å². The van der Waals surface area contributed by atoms with Crippen LogP contribution in [0.3, 0.4) is 0 Å². The molecule has 2 rings (SSSR count). The summed E-state index contributed by atoms with van der Waals surface area (Å²) in [5.41, 5.74) is 1.92. The number of nitrogens with zero attached hydrogens (tertiary/aromatic N) is 1. The van der Waals surface area contributed by atoms with Gasteiger partial charge >= 0.3 is 21.1 Å². The molecule has 2 aromatic carbocycles. The van der Waals surface area contributed by atoms with Gasteiger partial charge in [-0.05, 0) is 17.0 Å². The van der Waals surface area contributed by atoms with Crippen molar-refractivity contribution >= 4 is 55.3 Å². The van der Waals surface area contributed by atoms with Crippen molar-refractivity contribution < 1.29 is 0 Å². The molecule has 0 saturated heterocycles. The van der Waals surface area contributed by atoms with Crippen LogP contribution in [0.15, 0.2) is 60.7 Å². The summed E-state index contributed by atoms with van der Waals surface area (Å²) in [5, 5.41) is 0. The van der Waals surface area contributed by atoms with Crippen LogP contribution >= 0.6 is 40.2 Å². The molecule has 0 aliphatic heterocycles. The Labute approximate surface area is 132 Å². The Bertz CT molecular complexity index is 494. The van der Waals surface area contributed by atoms with E-state index in [9.17, 15) is 0 Å². The lowest BCUT2D eigenvalue weighted by Gasteiger charge is -1.97. The molecule has 0 aliphatic rings. The Balaban J connectivity index is 0.000000312. The van der Waals surface area contributed by atoms with Gasteiger partial charge in [0.1, 0.15) is 5.56 Å². The summed E-state index contributed by atoms with van der Waals surface area (Å²) in [6.45, 7) is 0. The minimum absolute atomic E-state index is 0.927. The third-order valence-corrected chi connectivity index (χ3v) is 1.84. The smallest absolute Gasteiger partial charge is 0.391 e. The molecule has 0 heterocycles. The van der Waals surface area contributed by atoms with Gasteiger partial charge in [-0.3, -0.25) is 0 Å². The van der Waals surface area contributed by atoms with E-state index < -0.39 is 9.39 Å². The fourth-order valence-corrected chi connectivity index (χ4v) is 1.14. The van der Waals surface area contributed by atoms with Crippen molar-refractivity contribution in [3.8, 4) is 6.07 Å². The van der Waals surface area contributed by atoms with E-state index >= 15 is 0 Å². The van der Waals surface area contributed by atoms with Gasteiger partial charge in [-0.15, -0.1) is 0 Å². The van der Waals surface area contributed by atoms with Crippen molar-refractivity contribution in [3.63, 3.8) is 0 Å². The topological polar surface area (TPSA) is 4.36 Å². The van der Waals surface area contributed by atoms with Crippen LogP contribution in [0.5, 0.6) is 0 Å². The third kappa shape index (κ3) is 10.1. The van der Waals surface area contributed by atoms with Gasteiger partial charge in [0.25, 0.3) is 0 Å². The fraction of sp³-hybridized carbons (Fsp3) is 0. The van der Waals surface area contributed by atoms with Gasteiger partial charge in [0.05, 0.1) is 0 Å². The monoisotopic (exact) mass is 347 g/mol. The highest BCUT2D eigenvalue weighted by Crippen LogP contribution is 2.23. The Morgan fingerprint density at radius 1 is 0.737 bits per heavy atom. The maximum absolute atomic E-state index is 4.99. The maximum Gasteiger partial charge on any atom is 0.564 e. The molecule has 0 amide bonds. The number of halogens is 4. The molecular formula is C13H10AlCl4N. The molecule has 19 heavy (non-hydrogen) atoms. The summed E-state index contributed by atoms with van der Waals surface area (Å²) in [6, 6.07) is 22.7. The first-order valence-corrected chi connectivity index (χ1v) is 12.4. The van der Waals surface area contributed by atoms with Crippen LogP contribution in [0.25, 0.3) is 4.85 Å². The number of para-hydroxylation sites is 1. The zero-order valence-electron chi connectivity index (χ0n) is 9.81. The first-order chi connectivity index (χ1) is 8.95. The molecule has 0 fully saturated rings. The van der Waals surface area contributed by atoms with Crippen LogP contribution in [0.1, 0.15) is 5.56 Å². The van der Waals surface area contributed by atoms with Gasteiger partial charge in [0.2, 0.25) is 0 Å². The van der Waals surface area contributed by atoms with Crippen molar-refractivity contribution in [2.45, 2.75) is 0 Å². The van der Waals surface area contributed by atoms with Gasteiger partial charge in [-0.1, -0.05) is 36.4 Å². The zero-order valence-corrected chi connectivity index (χ0v) is 14.0. The van der Waals surface area contributed by atoms with Crippen LogP contribution < -0.4 is 0 Å². The van der Waals surface area contributed by atoms with Crippen molar-refractivity contribution in [1.29, 1.82) is 0 Å². The van der Waals surface area contributed by atoms with Crippen molar-refractivity contribution in [2.24, 2.45) is 0 Å². The van der Waals surface area contributed by atoms with Crippen LogP contribution in [0.2, 0.25) is 0 Å². The van der Waals surface area contributed by atoms with Crippen molar-refractivity contribution in [1.82, 2.24) is 0 Å². The molecule has 98 valence electrons. The van der Waals surface area contributed by atoms with E-state index in [2.05, 4.69) is 10.9 Å². The first kappa shape index (κ1) is 16.7. The Morgan fingerprint density at radius 2 is 1.16 bits per heavy atom. The molecule has 0 aromatic heterocycles. The minimum Gasteiger partial charge on any atom is -0.391 e. The van der Waals surface area contributed by atoms with E-state index in [1.807, 2.05) is 60.7 Å². The predicted molar refractivity (Wildman–Crippen MR) is 88.1 cm³/mol. The van der Waals surface area contributed by atoms with Crippen LogP contribution in [0.4, 0.5) is 5.69 Å². The molecule has 0 aliphatic carbocycles. The van der Waals surface area contributed by atoms with Crippen molar-refractivity contribution in [3.05, 3.63) is 71.1 Å². The molecule has 0 unspecified atom stereocenters. The molecule has 0 N–H and O–H groups in total. The number of hydrogen-bond acceptors (Lipinski definition) is 0. The second-order valence-corrected chi connectivity index (χ2v) is 16.3. The van der Waals surface area contributed by atoms with Gasteiger partial charge < -0.3 is 40.2 Å². The highest BCUT2D eigenvalue weighted by Gasteiger charge is 2.14. The largest absolute Gasteiger partial charge is 0.564 e. The van der Waals surface area contributed by atoms with Gasteiger partial charge in [0, 0.05) is 12.1 Å². The van der Waals surface area contributed by atoms with E-state index in [0.29, 0.717) is 0 Å². The van der Waals surface area contributed by atoms with Gasteiger partial charge in [-0.2, -0.15) is 0 Å². The summed E-state index contributed by atoms with van der Waals surface area (Å²) in [4.78, 5) is 4.23. The number of rotatable bonds is 0. The first-order valence-electron chi connectivity index (χ1n) is 5.39. The highest BCUT2D eigenvalue weighted by molar-refractivity contribution is 7.81. The normalized spacial score (nSPS) is 9.68. The summed E-state index contributed by atoms with van der Waals surface area (Å²) < 4.78 is 0. The van der Waals surface area contributed by atoms with E-state index in [0.717, 1.165) is 11.3 Å². The number of hydrogen-bond donors (Lipinski definition) is 0. The summed E-state index contributed by atoms with van der Waals surface area (Å²) >= 11 is 0. The average Bonchev–Trinajstić information content (AvgIpc) is 2.37. The lowest BCUT2D eigenvalue weighted by atomic mass is 10.2. The molecule has 6 heteroatoms. The zero-order chi connectivity index (χ0) is 14.1. The molecule has 0 spiro atoms. The SMILES string of the molecule is C(#[N+]c1ccccc1)c1ccccc1.[Cl][Al-]([Cl])([Cl])[Cl]. The molecule has 0 saturated carbocycles. The molecule has 0 bridgehead atoms. The van der Waals surface area contributed by atoms with Crippen LogP contribution in [-0.2, 0) is 0 Å². The van der Waals surface area contributed by atoms with E-state index in [-0.39, 0.29) is 0 Å². The second-order valence-electron chi connectivity index (χ2n) is 3.42. The molecular weight excluding hydrogens is 339 g/mol. The van der Waals surface area contributed by atoms with E-state index in [1.54, 1.807) is 0 Å². The Morgan fingerprint density at radius 3 is 1.63 bits per heavy atom. The van der Waals surface area contributed by atoms with Crippen LogP contribution in [0, 0.1) is 6.07 Å². The third-order valence-electron chi connectivity index (χ3n) is 1.84. The van der Waals surface area contributed by atoms with Crippen LogP contribution in [-0.4, -0.2) is 9.39 Å². The van der Waals surface area contributed by atoms with E-state index in [1.165, 1.54) is 0 Å². The molecule has 2 aromatic rings. The molecule has 0 radical (unpaired) electrons. The van der Waals surface area contributed by atoms with E-state index in [4.69, 9.17) is 40.2 Å². The Hall–Kier alpha value is -0.378. The second kappa shape index (κ2) is 8.73.